The standard InChI is InChI=1S/C8H7BrS2/c1-4-5(2)10-8-6(4)3-7(9)11-8/h3H,1-2H3. The van der Waals surface area contributed by atoms with Crippen molar-refractivity contribution < 1.29 is 0 Å². The summed E-state index contributed by atoms with van der Waals surface area (Å²) in [5, 5.41) is 1.42. The minimum Gasteiger partial charge on any atom is -0.129 e. The zero-order valence-corrected chi connectivity index (χ0v) is 9.49. The number of halogens is 1. The first-order valence-electron chi connectivity index (χ1n) is 3.33. The molecule has 0 aliphatic carbocycles. The van der Waals surface area contributed by atoms with Gasteiger partial charge in [-0.05, 0) is 41.4 Å². The van der Waals surface area contributed by atoms with Gasteiger partial charge in [-0.3, -0.25) is 0 Å². The Morgan fingerprint density at radius 2 is 2.00 bits per heavy atom. The summed E-state index contributed by atoms with van der Waals surface area (Å²) >= 11 is 7.20. The lowest BCUT2D eigenvalue weighted by molar-refractivity contribution is 1.47. The molecule has 0 fully saturated rings. The Morgan fingerprint density at radius 1 is 1.27 bits per heavy atom. The van der Waals surface area contributed by atoms with Crippen molar-refractivity contribution in [1.29, 1.82) is 0 Å². The Labute approximate surface area is 82.0 Å². The molecule has 2 rings (SSSR count). The van der Waals surface area contributed by atoms with Gasteiger partial charge in [0.1, 0.15) is 0 Å². The maximum Gasteiger partial charge on any atom is 0.0882 e. The van der Waals surface area contributed by atoms with Crippen molar-refractivity contribution in [3.05, 3.63) is 20.3 Å². The van der Waals surface area contributed by atoms with E-state index in [-0.39, 0.29) is 0 Å². The normalized spacial score (nSPS) is 11.2. The van der Waals surface area contributed by atoms with Gasteiger partial charge in [0.2, 0.25) is 0 Å². The van der Waals surface area contributed by atoms with E-state index < -0.39 is 0 Å². The predicted octanol–water partition coefficient (Wildman–Crippen LogP) is 4.34. The maximum atomic E-state index is 3.49. The van der Waals surface area contributed by atoms with E-state index in [1.807, 2.05) is 22.7 Å². The molecule has 0 nitrogen and oxygen atoms in total. The maximum absolute atomic E-state index is 3.49. The lowest BCUT2D eigenvalue weighted by Crippen LogP contribution is -1.65. The van der Waals surface area contributed by atoms with Crippen LogP contribution in [0.25, 0.3) is 9.40 Å². The van der Waals surface area contributed by atoms with Crippen LogP contribution in [0.2, 0.25) is 0 Å². The minimum atomic E-state index is 1.24. The first-order chi connectivity index (χ1) is 5.18. The van der Waals surface area contributed by atoms with Crippen molar-refractivity contribution in [2.75, 3.05) is 0 Å². The molecule has 0 radical (unpaired) electrons. The van der Waals surface area contributed by atoms with E-state index >= 15 is 0 Å². The van der Waals surface area contributed by atoms with E-state index in [4.69, 9.17) is 0 Å². The second-order valence-corrected chi connectivity index (χ2v) is 6.45. The van der Waals surface area contributed by atoms with Crippen LogP contribution >= 0.6 is 38.6 Å². The molecule has 0 unspecified atom stereocenters. The quantitative estimate of drug-likeness (QED) is 0.649. The summed E-state index contributed by atoms with van der Waals surface area (Å²) in [6.07, 6.45) is 0. The second kappa shape index (κ2) is 2.57. The largest absolute Gasteiger partial charge is 0.129 e. The Balaban J connectivity index is 2.88. The van der Waals surface area contributed by atoms with Gasteiger partial charge >= 0.3 is 0 Å². The predicted molar refractivity (Wildman–Crippen MR) is 56.9 cm³/mol. The van der Waals surface area contributed by atoms with Crippen LogP contribution in [0.1, 0.15) is 10.4 Å². The summed E-state index contributed by atoms with van der Waals surface area (Å²) in [6.45, 7) is 4.37. The topological polar surface area (TPSA) is 0 Å². The minimum absolute atomic E-state index is 1.24. The lowest BCUT2D eigenvalue weighted by atomic mass is 10.2. The zero-order valence-electron chi connectivity index (χ0n) is 6.27. The number of aryl methyl sites for hydroxylation is 2. The molecule has 0 saturated heterocycles. The van der Waals surface area contributed by atoms with Crippen LogP contribution in [0.4, 0.5) is 0 Å². The van der Waals surface area contributed by atoms with Gasteiger partial charge in [0.25, 0.3) is 0 Å². The number of rotatable bonds is 0. The van der Waals surface area contributed by atoms with Gasteiger partial charge in [-0.2, -0.15) is 0 Å². The Bertz CT molecular complexity index is 397. The summed E-state index contributed by atoms with van der Waals surface area (Å²) in [5.74, 6) is 0. The van der Waals surface area contributed by atoms with Crippen molar-refractivity contribution in [2.24, 2.45) is 0 Å². The highest BCUT2D eigenvalue weighted by Crippen LogP contribution is 2.38. The summed E-state index contributed by atoms with van der Waals surface area (Å²) < 4.78 is 2.67. The van der Waals surface area contributed by atoms with Crippen LogP contribution in [-0.2, 0) is 0 Å². The first kappa shape index (κ1) is 7.77. The van der Waals surface area contributed by atoms with E-state index in [1.54, 1.807) is 0 Å². The van der Waals surface area contributed by atoms with E-state index in [0.717, 1.165) is 0 Å². The fraction of sp³-hybridized carbons (Fsp3) is 0.250. The highest BCUT2D eigenvalue weighted by molar-refractivity contribution is 9.11. The highest BCUT2D eigenvalue weighted by Gasteiger charge is 2.07. The van der Waals surface area contributed by atoms with Gasteiger partial charge in [0.15, 0.2) is 0 Å². The molecule has 0 atom stereocenters. The van der Waals surface area contributed by atoms with Crippen molar-refractivity contribution in [3.63, 3.8) is 0 Å². The third kappa shape index (κ3) is 1.15. The van der Waals surface area contributed by atoms with Crippen LogP contribution in [0.3, 0.4) is 0 Å². The molecular weight excluding hydrogens is 240 g/mol. The molecular formula is C8H7BrS2. The second-order valence-electron chi connectivity index (χ2n) is 2.53. The molecule has 2 aromatic heterocycles. The van der Waals surface area contributed by atoms with E-state index in [0.29, 0.717) is 0 Å². The fourth-order valence-electron chi connectivity index (χ4n) is 1.09. The summed E-state index contributed by atoms with van der Waals surface area (Å²) in [7, 11) is 0. The van der Waals surface area contributed by atoms with Crippen LogP contribution in [0, 0.1) is 13.8 Å². The van der Waals surface area contributed by atoms with E-state index in [1.165, 1.54) is 23.6 Å². The Morgan fingerprint density at radius 3 is 2.64 bits per heavy atom. The smallest absolute Gasteiger partial charge is 0.0882 e. The SMILES string of the molecule is Cc1sc2sc(Br)cc2c1C. The monoisotopic (exact) mass is 246 g/mol. The molecule has 0 bridgehead atoms. The number of thiophene rings is 2. The molecule has 0 N–H and O–H groups in total. The van der Waals surface area contributed by atoms with Crippen molar-refractivity contribution >= 4 is 48.0 Å². The average molecular weight is 247 g/mol. The van der Waals surface area contributed by atoms with Crippen LogP contribution < -0.4 is 0 Å². The van der Waals surface area contributed by atoms with Gasteiger partial charge in [-0.1, -0.05) is 0 Å². The van der Waals surface area contributed by atoms with Gasteiger partial charge in [-0.25, -0.2) is 0 Å². The van der Waals surface area contributed by atoms with Gasteiger partial charge in [-0.15, -0.1) is 22.7 Å². The molecule has 0 amide bonds. The van der Waals surface area contributed by atoms with Crippen molar-refractivity contribution in [2.45, 2.75) is 13.8 Å². The van der Waals surface area contributed by atoms with Crippen molar-refractivity contribution in [3.8, 4) is 0 Å². The van der Waals surface area contributed by atoms with Gasteiger partial charge in [0, 0.05) is 10.3 Å². The molecule has 0 aliphatic heterocycles. The molecule has 2 heterocycles. The fourth-order valence-corrected chi connectivity index (χ4v) is 4.47. The highest BCUT2D eigenvalue weighted by atomic mass is 79.9. The van der Waals surface area contributed by atoms with Crippen LogP contribution in [0.15, 0.2) is 9.85 Å². The number of hydrogen-bond acceptors (Lipinski definition) is 2. The molecule has 0 saturated carbocycles. The van der Waals surface area contributed by atoms with Crippen molar-refractivity contribution in [1.82, 2.24) is 0 Å². The van der Waals surface area contributed by atoms with Crippen LogP contribution in [0.5, 0.6) is 0 Å². The zero-order chi connectivity index (χ0) is 8.01. The van der Waals surface area contributed by atoms with Crippen LogP contribution in [-0.4, -0.2) is 0 Å². The molecule has 0 spiro atoms. The van der Waals surface area contributed by atoms with Gasteiger partial charge in [0.05, 0.1) is 7.80 Å². The molecule has 2 aromatic rings. The third-order valence-corrected chi connectivity index (χ3v) is 4.80. The van der Waals surface area contributed by atoms with E-state index in [9.17, 15) is 0 Å². The molecule has 58 valence electrons. The summed E-state index contributed by atoms with van der Waals surface area (Å²) in [6, 6.07) is 2.21. The molecule has 0 aromatic carbocycles. The third-order valence-electron chi connectivity index (χ3n) is 1.85. The summed E-state index contributed by atoms with van der Waals surface area (Å²) in [4.78, 5) is 1.44. The van der Waals surface area contributed by atoms with E-state index in [2.05, 4.69) is 35.8 Å². The molecule has 11 heavy (non-hydrogen) atoms. The number of fused-ring (bicyclic) bond motifs is 1. The average Bonchev–Trinajstić information content (AvgIpc) is 2.37. The molecule has 0 aliphatic rings. The molecule has 3 heteroatoms. The summed E-state index contributed by atoms with van der Waals surface area (Å²) in [5.41, 5.74) is 1.44. The Kier molecular flexibility index (Phi) is 1.82. The van der Waals surface area contributed by atoms with Gasteiger partial charge < -0.3 is 0 Å². The number of hydrogen-bond donors (Lipinski definition) is 0. The lowest BCUT2D eigenvalue weighted by Gasteiger charge is -1.84. The first-order valence-corrected chi connectivity index (χ1v) is 5.76. The Hall–Kier alpha value is 0.140.